The van der Waals surface area contributed by atoms with E-state index in [1.807, 2.05) is 29.6 Å². The third-order valence-electron chi connectivity index (χ3n) is 5.12. The maximum atomic E-state index is 5.05. The van der Waals surface area contributed by atoms with Gasteiger partial charge in [-0.1, -0.05) is 97.8 Å². The summed E-state index contributed by atoms with van der Waals surface area (Å²) in [4.78, 5) is 7.53. The number of nitrogens with zero attached hydrogens (tertiary/aromatic N) is 1. The Morgan fingerprint density at radius 1 is 0.733 bits per heavy atom. The molecule has 1 nitrogen and oxygen atoms in total. The molecule has 0 radical (unpaired) electrons. The van der Waals surface area contributed by atoms with Crippen LogP contribution in [0.15, 0.2) is 107 Å². The van der Waals surface area contributed by atoms with Gasteiger partial charge in [0.25, 0.3) is 0 Å². The van der Waals surface area contributed by atoms with Gasteiger partial charge in [-0.15, -0.1) is 11.8 Å². The number of aliphatic imine (C=N–C) groups is 1. The maximum Gasteiger partial charge on any atom is 0.0981 e. The Kier molecular flexibility index (Phi) is 7.88. The van der Waals surface area contributed by atoms with Crippen molar-refractivity contribution in [2.45, 2.75) is 42.2 Å². The predicted molar refractivity (Wildman–Crippen MR) is 135 cm³/mol. The Balaban J connectivity index is 1.69. The number of hydrogen-bond donors (Lipinski definition) is 0. The fourth-order valence-corrected chi connectivity index (χ4v) is 5.88. The lowest BCUT2D eigenvalue weighted by atomic mass is 10.0. The summed E-state index contributed by atoms with van der Waals surface area (Å²) in [7, 11) is 0. The van der Waals surface area contributed by atoms with Crippen molar-refractivity contribution in [2.24, 2.45) is 4.99 Å². The van der Waals surface area contributed by atoms with E-state index in [4.69, 9.17) is 4.99 Å². The third kappa shape index (κ3) is 6.38. The minimum atomic E-state index is 0.663. The molecule has 3 heteroatoms. The van der Waals surface area contributed by atoms with Crippen molar-refractivity contribution in [1.82, 2.24) is 0 Å². The van der Waals surface area contributed by atoms with E-state index < -0.39 is 0 Å². The lowest BCUT2D eigenvalue weighted by molar-refractivity contribution is 0.517. The fraction of sp³-hybridized carbons (Fsp3) is 0.222. The molecule has 0 N–H and O–H groups in total. The molecule has 0 saturated heterocycles. The van der Waals surface area contributed by atoms with E-state index in [1.165, 1.54) is 47.5 Å². The zero-order valence-corrected chi connectivity index (χ0v) is 18.7. The monoisotopic (exact) mass is 429 g/mol. The maximum absolute atomic E-state index is 5.05. The molecule has 4 rings (SSSR count). The summed E-state index contributed by atoms with van der Waals surface area (Å²) in [5, 5.41) is 1.77. The van der Waals surface area contributed by atoms with Crippen LogP contribution in [-0.4, -0.2) is 10.3 Å². The topological polar surface area (TPSA) is 12.4 Å². The Bertz CT molecular complexity index is 960. The lowest BCUT2D eigenvalue weighted by Gasteiger charge is -2.21. The molecule has 0 unspecified atom stereocenters. The van der Waals surface area contributed by atoms with Gasteiger partial charge in [0, 0.05) is 15.1 Å². The molecule has 0 aliphatic heterocycles. The smallest absolute Gasteiger partial charge is 0.0981 e. The minimum Gasteiger partial charge on any atom is -0.242 e. The zero-order valence-electron chi connectivity index (χ0n) is 17.1. The molecule has 30 heavy (non-hydrogen) atoms. The van der Waals surface area contributed by atoms with Crippen LogP contribution in [0.3, 0.4) is 0 Å². The van der Waals surface area contributed by atoms with E-state index in [-0.39, 0.29) is 0 Å². The molecule has 1 saturated carbocycles. The van der Waals surface area contributed by atoms with E-state index in [1.54, 1.807) is 0 Å². The van der Waals surface area contributed by atoms with Crippen LogP contribution in [0.5, 0.6) is 0 Å². The molecule has 152 valence electrons. The first-order valence-electron chi connectivity index (χ1n) is 10.7. The molecule has 0 atom stereocenters. The number of thioether (sulfide) groups is 2. The predicted octanol–water partition coefficient (Wildman–Crippen LogP) is 8.62. The van der Waals surface area contributed by atoms with E-state index in [0.717, 1.165) is 10.7 Å². The molecule has 3 aromatic carbocycles. The van der Waals surface area contributed by atoms with E-state index >= 15 is 0 Å². The molecule has 1 aliphatic carbocycles. The first-order valence-corrected chi connectivity index (χ1v) is 12.4. The second kappa shape index (κ2) is 11.2. The molecular formula is C27H27NS2. The van der Waals surface area contributed by atoms with E-state index in [2.05, 4.69) is 91.0 Å². The third-order valence-corrected chi connectivity index (χ3v) is 7.46. The number of para-hydroxylation sites is 1. The summed E-state index contributed by atoms with van der Waals surface area (Å²) < 4.78 is 0. The summed E-state index contributed by atoms with van der Waals surface area (Å²) in [6.07, 6.45) is 8.92. The summed E-state index contributed by atoms with van der Waals surface area (Å²) in [5.74, 6) is 0. The van der Waals surface area contributed by atoms with Crippen molar-refractivity contribution >= 4 is 39.2 Å². The first kappa shape index (κ1) is 21.0. The molecule has 1 aliphatic rings. The van der Waals surface area contributed by atoms with Gasteiger partial charge in [-0.2, -0.15) is 0 Å². The minimum absolute atomic E-state index is 0.663. The standard InChI is InChI=1S/C27H27NS2/c1-5-13-22(14-6-1)26(29-24-17-9-3-10-18-24)21-27(28-23-15-7-2-8-16-23)30-25-19-11-4-12-20-25/h1-3,5-10,13-18,21,25H,4,11-12,19-20H2/b26-21?,28-27+. The molecular weight excluding hydrogens is 402 g/mol. The molecule has 0 heterocycles. The first-order chi connectivity index (χ1) is 14.9. The Labute approximate surface area is 188 Å². The van der Waals surface area contributed by atoms with Crippen LogP contribution in [0, 0.1) is 0 Å². The number of rotatable bonds is 6. The molecule has 0 bridgehead atoms. The van der Waals surface area contributed by atoms with Crippen molar-refractivity contribution in [3.8, 4) is 0 Å². The SMILES string of the molecule is C(=C(Sc1ccccc1)c1ccccc1)/C(=N\c1ccccc1)SC1CCCCC1. The average molecular weight is 430 g/mol. The van der Waals surface area contributed by atoms with Crippen molar-refractivity contribution < 1.29 is 0 Å². The molecule has 0 spiro atoms. The quantitative estimate of drug-likeness (QED) is 0.221. The van der Waals surface area contributed by atoms with Gasteiger partial charge in [0.15, 0.2) is 0 Å². The van der Waals surface area contributed by atoms with Crippen LogP contribution in [0.1, 0.15) is 37.7 Å². The molecule has 3 aromatic rings. The Hall–Kier alpha value is -2.23. The number of benzene rings is 3. The van der Waals surface area contributed by atoms with E-state index in [0.29, 0.717) is 5.25 Å². The summed E-state index contributed by atoms with van der Waals surface area (Å²) >= 11 is 3.76. The highest BCUT2D eigenvalue weighted by molar-refractivity contribution is 8.15. The highest BCUT2D eigenvalue weighted by Crippen LogP contribution is 2.37. The normalized spacial score (nSPS) is 15.9. The van der Waals surface area contributed by atoms with Crippen molar-refractivity contribution in [1.29, 1.82) is 0 Å². The fourth-order valence-electron chi connectivity index (χ4n) is 3.58. The Morgan fingerprint density at radius 2 is 1.33 bits per heavy atom. The molecule has 0 aromatic heterocycles. The van der Waals surface area contributed by atoms with Gasteiger partial charge in [-0.3, -0.25) is 0 Å². The highest BCUT2D eigenvalue weighted by atomic mass is 32.2. The van der Waals surface area contributed by atoms with Crippen LogP contribution in [0.4, 0.5) is 5.69 Å². The molecule has 1 fully saturated rings. The van der Waals surface area contributed by atoms with Gasteiger partial charge in [0.05, 0.1) is 10.7 Å². The summed E-state index contributed by atoms with van der Waals surface area (Å²) in [6, 6.07) is 31.6. The van der Waals surface area contributed by atoms with Crippen LogP contribution >= 0.6 is 23.5 Å². The second-order valence-electron chi connectivity index (χ2n) is 7.45. The van der Waals surface area contributed by atoms with Gasteiger partial charge in [0.1, 0.15) is 0 Å². The number of hydrogen-bond acceptors (Lipinski definition) is 3. The second-order valence-corrected chi connectivity index (χ2v) is 9.89. The highest BCUT2D eigenvalue weighted by Gasteiger charge is 2.17. The van der Waals surface area contributed by atoms with Gasteiger partial charge < -0.3 is 0 Å². The van der Waals surface area contributed by atoms with Gasteiger partial charge in [-0.05, 0) is 48.7 Å². The van der Waals surface area contributed by atoms with Crippen LogP contribution < -0.4 is 0 Å². The zero-order chi connectivity index (χ0) is 20.4. The van der Waals surface area contributed by atoms with Gasteiger partial charge >= 0.3 is 0 Å². The lowest BCUT2D eigenvalue weighted by Crippen LogP contribution is -2.10. The van der Waals surface area contributed by atoms with Gasteiger partial charge in [0.2, 0.25) is 0 Å². The molecule has 0 amide bonds. The Morgan fingerprint density at radius 3 is 2.00 bits per heavy atom. The van der Waals surface area contributed by atoms with Crippen LogP contribution in [0.2, 0.25) is 0 Å². The van der Waals surface area contributed by atoms with Crippen LogP contribution in [0.25, 0.3) is 4.91 Å². The van der Waals surface area contributed by atoms with E-state index in [9.17, 15) is 0 Å². The van der Waals surface area contributed by atoms with Gasteiger partial charge in [-0.25, -0.2) is 4.99 Å². The van der Waals surface area contributed by atoms with Crippen LogP contribution in [-0.2, 0) is 0 Å². The van der Waals surface area contributed by atoms with Crippen molar-refractivity contribution in [3.63, 3.8) is 0 Å². The van der Waals surface area contributed by atoms with Crippen molar-refractivity contribution in [2.75, 3.05) is 0 Å². The summed E-state index contributed by atoms with van der Waals surface area (Å²) in [6.45, 7) is 0. The van der Waals surface area contributed by atoms with Crippen molar-refractivity contribution in [3.05, 3.63) is 103 Å². The summed E-state index contributed by atoms with van der Waals surface area (Å²) in [5.41, 5.74) is 2.25. The average Bonchev–Trinajstić information content (AvgIpc) is 2.81. The largest absolute Gasteiger partial charge is 0.242 e.